The summed E-state index contributed by atoms with van der Waals surface area (Å²) in [6.07, 6.45) is 18.0. The number of nitrogens with one attached hydrogen (secondary N) is 3. The first-order valence-corrected chi connectivity index (χ1v) is 11.5. The van der Waals surface area contributed by atoms with E-state index in [9.17, 15) is 0 Å². The minimum absolute atomic E-state index is 0.0527. The van der Waals surface area contributed by atoms with Crippen LogP contribution >= 0.6 is 0 Å². The van der Waals surface area contributed by atoms with Gasteiger partial charge in [0.1, 0.15) is 17.2 Å². The lowest BCUT2D eigenvalue weighted by Gasteiger charge is -2.13. The lowest BCUT2D eigenvalue weighted by atomic mass is 9.97. The highest BCUT2D eigenvalue weighted by molar-refractivity contribution is 5.93. The summed E-state index contributed by atoms with van der Waals surface area (Å²) in [7, 11) is 1.82. The summed E-state index contributed by atoms with van der Waals surface area (Å²) >= 11 is 0. The lowest BCUT2D eigenvalue weighted by Crippen LogP contribution is -2.28. The zero-order valence-corrected chi connectivity index (χ0v) is 18.9. The molecule has 5 heterocycles. The summed E-state index contributed by atoms with van der Waals surface area (Å²) in [5, 5.41) is 9.65. The number of aryl methyl sites for hydroxylation is 1. The highest BCUT2D eigenvalue weighted by atomic mass is 16.5. The Morgan fingerprint density at radius 2 is 2.09 bits per heavy atom. The molecular weight excluding hydrogens is 426 g/mol. The molecule has 3 N–H and O–H groups in total. The second-order valence-corrected chi connectivity index (χ2v) is 8.51. The van der Waals surface area contributed by atoms with Crippen molar-refractivity contribution in [3.63, 3.8) is 0 Å². The van der Waals surface area contributed by atoms with Crippen molar-refractivity contribution in [3.05, 3.63) is 76.3 Å². The van der Waals surface area contributed by atoms with Crippen molar-refractivity contribution in [1.29, 1.82) is 0 Å². The fourth-order valence-electron chi connectivity index (χ4n) is 4.51. The highest BCUT2D eigenvalue weighted by Crippen LogP contribution is 2.33. The van der Waals surface area contributed by atoms with Gasteiger partial charge in [-0.1, -0.05) is 18.2 Å². The summed E-state index contributed by atoms with van der Waals surface area (Å²) in [4.78, 5) is 21.8. The molecule has 1 atom stereocenters. The van der Waals surface area contributed by atoms with Crippen LogP contribution in [0.4, 0.5) is 11.8 Å². The van der Waals surface area contributed by atoms with Gasteiger partial charge >= 0.3 is 0 Å². The zero-order chi connectivity index (χ0) is 22.9. The van der Waals surface area contributed by atoms with Gasteiger partial charge in [-0.05, 0) is 53.0 Å². The van der Waals surface area contributed by atoms with Crippen molar-refractivity contribution in [2.24, 2.45) is 0 Å². The average Bonchev–Trinajstić information content (AvgIpc) is 3.18. The van der Waals surface area contributed by atoms with E-state index in [1.165, 1.54) is 5.56 Å². The van der Waals surface area contributed by atoms with Crippen LogP contribution in [-0.2, 0) is 13.0 Å². The molecule has 5 bridgehead atoms. The van der Waals surface area contributed by atoms with E-state index in [2.05, 4.69) is 56.0 Å². The summed E-state index contributed by atoms with van der Waals surface area (Å²) < 4.78 is 5.98. The van der Waals surface area contributed by atoms with Crippen LogP contribution in [0, 0.1) is 0 Å². The number of nitrogens with zero attached hydrogens (tertiary/aromatic N) is 4. The van der Waals surface area contributed by atoms with Crippen molar-refractivity contribution >= 4 is 35.0 Å². The van der Waals surface area contributed by atoms with E-state index in [0.29, 0.717) is 19.1 Å². The third kappa shape index (κ3) is 3.87. The highest BCUT2D eigenvalue weighted by Gasteiger charge is 2.19. The first-order chi connectivity index (χ1) is 16.8. The Hall–Kier alpha value is -4.20. The van der Waals surface area contributed by atoms with Gasteiger partial charge in [-0.25, -0.2) is 0 Å². The Bertz CT molecular complexity index is 1520. The Morgan fingerprint density at radius 3 is 3.03 bits per heavy atom. The minimum atomic E-state index is 0.0527. The lowest BCUT2D eigenvalue weighted by molar-refractivity contribution is 0.309. The number of hydrogen-bond acceptors (Lipinski definition) is 7. The van der Waals surface area contributed by atoms with Crippen LogP contribution in [-0.4, -0.2) is 38.6 Å². The maximum Gasteiger partial charge on any atom is 0.226 e. The van der Waals surface area contributed by atoms with E-state index in [1.54, 1.807) is 6.20 Å². The quantitative estimate of drug-likeness (QED) is 0.409. The first kappa shape index (κ1) is 20.4. The number of H-pyrrole nitrogens is 1. The number of aromatic amines is 1. The SMILES string of the molecule is CNc1nc2c3c(c[nH]c3n1)C1C=CC=c3ncc(cc3=C1)CCCOc1cncc(c1)CN2. The Balaban J connectivity index is 1.53. The smallest absolute Gasteiger partial charge is 0.226 e. The Kier molecular flexibility index (Phi) is 5.18. The van der Waals surface area contributed by atoms with Crippen LogP contribution in [0.25, 0.3) is 23.2 Å². The molecule has 170 valence electrons. The van der Waals surface area contributed by atoms with Crippen LogP contribution < -0.4 is 25.9 Å². The minimum Gasteiger partial charge on any atom is -0.492 e. The Morgan fingerprint density at radius 1 is 1.12 bits per heavy atom. The molecule has 0 radical (unpaired) electrons. The van der Waals surface area contributed by atoms with E-state index in [4.69, 9.17) is 14.7 Å². The van der Waals surface area contributed by atoms with E-state index in [1.807, 2.05) is 31.7 Å². The van der Waals surface area contributed by atoms with E-state index >= 15 is 0 Å². The average molecular weight is 452 g/mol. The maximum atomic E-state index is 5.98. The standard InChI is InChI=1S/C26H25N7O/c1-27-26-32-24-23-21(15-31-25(23)33-26)18-5-2-6-22-19(10-18)8-16(12-29-22)4-3-7-34-20-9-17(13-30-24)11-28-14-20/h2,5-6,8-12,14-15,18H,3-4,7,13H2,1H3,(H3,27,30,31,32,33). The summed E-state index contributed by atoms with van der Waals surface area (Å²) in [5.74, 6) is 2.14. The second-order valence-electron chi connectivity index (χ2n) is 8.51. The van der Waals surface area contributed by atoms with Crippen LogP contribution in [0.1, 0.15) is 29.0 Å². The van der Waals surface area contributed by atoms with Gasteiger partial charge in [0, 0.05) is 38.1 Å². The summed E-state index contributed by atoms with van der Waals surface area (Å²) in [6, 6.07) is 4.26. The van der Waals surface area contributed by atoms with E-state index in [0.717, 1.165) is 57.1 Å². The Labute approximate surface area is 196 Å². The molecule has 1 aliphatic carbocycles. The van der Waals surface area contributed by atoms with E-state index < -0.39 is 0 Å². The normalized spacial score (nSPS) is 17.0. The molecule has 8 heteroatoms. The first-order valence-electron chi connectivity index (χ1n) is 11.5. The van der Waals surface area contributed by atoms with Crippen molar-refractivity contribution in [2.75, 3.05) is 24.3 Å². The topological polar surface area (TPSA) is 101 Å². The van der Waals surface area contributed by atoms with Gasteiger partial charge in [-0.3, -0.25) is 9.97 Å². The predicted octanol–water partition coefficient (Wildman–Crippen LogP) is 2.64. The van der Waals surface area contributed by atoms with Crippen molar-refractivity contribution in [2.45, 2.75) is 25.3 Å². The molecule has 4 aromatic heterocycles. The number of fused-ring (bicyclic) bond motifs is 5. The number of ether oxygens (including phenoxy) is 1. The van der Waals surface area contributed by atoms with Gasteiger partial charge in [0.05, 0.1) is 23.5 Å². The molecule has 6 rings (SSSR count). The molecule has 4 aromatic rings. The number of hydrogen-bond donors (Lipinski definition) is 3. The van der Waals surface area contributed by atoms with Crippen molar-refractivity contribution in [1.82, 2.24) is 24.9 Å². The number of allylic oxidation sites excluding steroid dienone is 2. The molecule has 0 fully saturated rings. The molecule has 34 heavy (non-hydrogen) atoms. The van der Waals surface area contributed by atoms with Crippen LogP contribution in [0.15, 0.2) is 49.1 Å². The predicted molar refractivity (Wildman–Crippen MR) is 133 cm³/mol. The van der Waals surface area contributed by atoms with Gasteiger partial charge < -0.3 is 20.4 Å². The van der Waals surface area contributed by atoms with Crippen molar-refractivity contribution in [3.8, 4) is 5.75 Å². The maximum absolute atomic E-state index is 5.98. The fourth-order valence-corrected chi connectivity index (χ4v) is 4.51. The monoisotopic (exact) mass is 451 g/mol. The number of rotatable bonds is 1. The molecular formula is C26H25N7O. The van der Waals surface area contributed by atoms with Crippen LogP contribution in [0.3, 0.4) is 0 Å². The molecule has 0 aromatic carbocycles. The second kappa shape index (κ2) is 8.62. The summed E-state index contributed by atoms with van der Waals surface area (Å²) in [5.41, 5.74) is 4.12. The number of pyridine rings is 2. The van der Waals surface area contributed by atoms with E-state index in [-0.39, 0.29) is 5.92 Å². The molecule has 0 saturated carbocycles. The number of anilines is 2. The third-order valence-corrected chi connectivity index (χ3v) is 6.19. The summed E-state index contributed by atoms with van der Waals surface area (Å²) in [6.45, 7) is 1.19. The molecule has 1 unspecified atom stereocenters. The molecule has 0 amide bonds. The largest absolute Gasteiger partial charge is 0.492 e. The van der Waals surface area contributed by atoms with Gasteiger partial charge in [-0.15, -0.1) is 0 Å². The van der Waals surface area contributed by atoms with Gasteiger partial charge in [0.15, 0.2) is 0 Å². The molecule has 0 spiro atoms. The third-order valence-electron chi connectivity index (χ3n) is 6.19. The number of aromatic nitrogens is 5. The van der Waals surface area contributed by atoms with Gasteiger partial charge in [0.2, 0.25) is 5.95 Å². The molecule has 2 aliphatic rings. The van der Waals surface area contributed by atoms with Gasteiger partial charge in [0.25, 0.3) is 0 Å². The molecule has 8 nitrogen and oxygen atoms in total. The van der Waals surface area contributed by atoms with Crippen LogP contribution in [0.5, 0.6) is 5.75 Å². The van der Waals surface area contributed by atoms with Gasteiger partial charge in [-0.2, -0.15) is 9.97 Å². The van der Waals surface area contributed by atoms with Crippen molar-refractivity contribution < 1.29 is 4.74 Å². The zero-order valence-electron chi connectivity index (χ0n) is 18.9. The molecule has 1 aliphatic heterocycles. The van der Waals surface area contributed by atoms with Crippen LogP contribution in [0.2, 0.25) is 0 Å². The fraction of sp³-hybridized carbons (Fsp3) is 0.231. The molecule has 0 saturated heterocycles.